The Labute approximate surface area is 124 Å². The Bertz CT molecular complexity index is 645. The van der Waals surface area contributed by atoms with Crippen LogP contribution in [0.15, 0.2) is 23.1 Å². The average Bonchev–Trinajstić information content (AvgIpc) is 2.46. The van der Waals surface area contributed by atoms with Gasteiger partial charge < -0.3 is 5.32 Å². The van der Waals surface area contributed by atoms with Gasteiger partial charge in [-0.25, -0.2) is 8.42 Å². The average molecular weight is 313 g/mol. The summed E-state index contributed by atoms with van der Waals surface area (Å²) in [5, 5.41) is 13.7. The first kappa shape index (κ1) is 15.7. The predicted molar refractivity (Wildman–Crippen MR) is 79.8 cm³/mol. The van der Waals surface area contributed by atoms with E-state index in [1.54, 1.807) is 7.05 Å². The molecule has 0 amide bonds. The SMILES string of the molecule is CNc1ccc([N+](=O)[O-])cc1S(=O)(=O)N1CCCCC1C. The third-order valence-corrected chi connectivity index (χ3v) is 5.83. The number of anilines is 1. The summed E-state index contributed by atoms with van der Waals surface area (Å²) in [7, 11) is -2.15. The molecule has 2 rings (SSSR count). The molecule has 1 aromatic carbocycles. The van der Waals surface area contributed by atoms with E-state index in [-0.39, 0.29) is 16.6 Å². The van der Waals surface area contributed by atoms with Crippen LogP contribution in [-0.4, -0.2) is 37.3 Å². The Balaban J connectivity index is 2.52. The summed E-state index contributed by atoms with van der Waals surface area (Å²) in [6.45, 7) is 2.32. The fourth-order valence-electron chi connectivity index (χ4n) is 2.60. The van der Waals surface area contributed by atoms with Crippen molar-refractivity contribution >= 4 is 21.4 Å². The van der Waals surface area contributed by atoms with E-state index in [2.05, 4.69) is 5.32 Å². The third kappa shape index (κ3) is 3.01. The molecule has 116 valence electrons. The largest absolute Gasteiger partial charge is 0.387 e. The van der Waals surface area contributed by atoms with Gasteiger partial charge in [0.2, 0.25) is 10.0 Å². The van der Waals surface area contributed by atoms with E-state index in [1.807, 2.05) is 6.92 Å². The standard InChI is InChI=1S/C13H19N3O4S/c1-10-5-3-4-8-15(10)21(19,20)13-9-11(16(17)18)6-7-12(13)14-2/h6-7,9-10,14H,3-5,8H2,1-2H3. The Morgan fingerprint density at radius 2 is 2.10 bits per heavy atom. The van der Waals surface area contributed by atoms with Crippen molar-refractivity contribution in [1.29, 1.82) is 0 Å². The highest BCUT2D eigenvalue weighted by molar-refractivity contribution is 7.89. The molecule has 0 saturated carbocycles. The van der Waals surface area contributed by atoms with Gasteiger partial charge in [-0.2, -0.15) is 4.31 Å². The lowest BCUT2D eigenvalue weighted by Gasteiger charge is -2.32. The minimum absolute atomic E-state index is 0.0343. The van der Waals surface area contributed by atoms with Crippen LogP contribution in [0.2, 0.25) is 0 Å². The number of nitrogens with one attached hydrogen (secondary N) is 1. The molecule has 0 spiro atoms. The van der Waals surface area contributed by atoms with E-state index in [9.17, 15) is 18.5 Å². The van der Waals surface area contributed by atoms with Crippen molar-refractivity contribution in [2.24, 2.45) is 0 Å². The first-order chi connectivity index (χ1) is 9.87. The van der Waals surface area contributed by atoms with E-state index in [4.69, 9.17) is 0 Å². The quantitative estimate of drug-likeness (QED) is 0.679. The van der Waals surface area contributed by atoms with E-state index in [0.29, 0.717) is 12.2 Å². The number of nitro groups is 1. The molecule has 1 unspecified atom stereocenters. The Kier molecular flexibility index (Phi) is 4.48. The fraction of sp³-hybridized carbons (Fsp3) is 0.538. The summed E-state index contributed by atoms with van der Waals surface area (Å²) in [5.74, 6) is 0. The molecule has 8 heteroatoms. The van der Waals surface area contributed by atoms with Gasteiger partial charge in [-0.3, -0.25) is 10.1 Å². The maximum absolute atomic E-state index is 12.8. The molecule has 1 aliphatic rings. The molecule has 21 heavy (non-hydrogen) atoms. The van der Waals surface area contributed by atoms with Crippen molar-refractivity contribution in [3.05, 3.63) is 28.3 Å². The van der Waals surface area contributed by atoms with Gasteiger partial charge in [0.25, 0.3) is 5.69 Å². The second-order valence-electron chi connectivity index (χ2n) is 5.15. The van der Waals surface area contributed by atoms with Gasteiger partial charge in [0, 0.05) is 31.8 Å². The van der Waals surface area contributed by atoms with Crippen molar-refractivity contribution in [3.8, 4) is 0 Å². The van der Waals surface area contributed by atoms with Crippen LogP contribution in [0.5, 0.6) is 0 Å². The maximum Gasteiger partial charge on any atom is 0.270 e. The molecule has 1 fully saturated rings. The minimum Gasteiger partial charge on any atom is -0.387 e. The Morgan fingerprint density at radius 3 is 2.67 bits per heavy atom. The Hall–Kier alpha value is -1.67. The zero-order chi connectivity index (χ0) is 15.6. The minimum atomic E-state index is -3.74. The van der Waals surface area contributed by atoms with Crippen LogP contribution in [0, 0.1) is 10.1 Å². The third-order valence-electron chi connectivity index (χ3n) is 3.77. The van der Waals surface area contributed by atoms with Gasteiger partial charge in [0.05, 0.1) is 10.6 Å². The number of non-ortho nitro benzene ring substituents is 1. The number of piperidine rings is 1. The molecule has 0 bridgehead atoms. The predicted octanol–water partition coefficient (Wildman–Crippen LogP) is 2.20. The molecule has 1 aliphatic heterocycles. The summed E-state index contributed by atoms with van der Waals surface area (Å²) in [6, 6.07) is 3.76. The number of hydrogen-bond donors (Lipinski definition) is 1. The van der Waals surface area contributed by atoms with Gasteiger partial charge in [-0.1, -0.05) is 6.42 Å². The molecule has 0 aromatic heterocycles. The summed E-state index contributed by atoms with van der Waals surface area (Å²) in [4.78, 5) is 10.3. The van der Waals surface area contributed by atoms with Crippen LogP contribution in [0.25, 0.3) is 0 Å². The number of nitro benzene ring substituents is 1. The first-order valence-electron chi connectivity index (χ1n) is 6.86. The Morgan fingerprint density at radius 1 is 1.38 bits per heavy atom. The molecular weight excluding hydrogens is 294 g/mol. The number of nitrogens with zero attached hydrogens (tertiary/aromatic N) is 2. The van der Waals surface area contributed by atoms with E-state index in [1.165, 1.54) is 16.4 Å². The van der Waals surface area contributed by atoms with Crippen LogP contribution in [0.3, 0.4) is 0 Å². The highest BCUT2D eigenvalue weighted by Gasteiger charge is 2.33. The zero-order valence-corrected chi connectivity index (χ0v) is 12.9. The maximum atomic E-state index is 12.8. The molecule has 1 heterocycles. The van der Waals surface area contributed by atoms with E-state index < -0.39 is 14.9 Å². The summed E-state index contributed by atoms with van der Waals surface area (Å²) >= 11 is 0. The fourth-order valence-corrected chi connectivity index (χ4v) is 4.52. The normalized spacial score (nSPS) is 20.2. The topological polar surface area (TPSA) is 92.5 Å². The number of rotatable bonds is 4. The van der Waals surface area contributed by atoms with Crippen molar-refractivity contribution in [3.63, 3.8) is 0 Å². The summed E-state index contributed by atoms with van der Waals surface area (Å²) in [5.41, 5.74) is 0.149. The molecule has 1 N–H and O–H groups in total. The highest BCUT2D eigenvalue weighted by atomic mass is 32.2. The van der Waals surface area contributed by atoms with Gasteiger partial charge in [0.15, 0.2) is 0 Å². The number of hydrogen-bond acceptors (Lipinski definition) is 5. The lowest BCUT2D eigenvalue weighted by molar-refractivity contribution is -0.385. The lowest BCUT2D eigenvalue weighted by Crippen LogP contribution is -2.42. The van der Waals surface area contributed by atoms with Crippen LogP contribution >= 0.6 is 0 Å². The van der Waals surface area contributed by atoms with E-state index >= 15 is 0 Å². The molecule has 0 aliphatic carbocycles. The van der Waals surface area contributed by atoms with Crippen LogP contribution in [0.4, 0.5) is 11.4 Å². The second kappa shape index (κ2) is 5.98. The van der Waals surface area contributed by atoms with Gasteiger partial charge in [0.1, 0.15) is 4.90 Å². The second-order valence-corrected chi connectivity index (χ2v) is 7.01. The van der Waals surface area contributed by atoms with Gasteiger partial charge in [-0.05, 0) is 25.8 Å². The molecule has 1 saturated heterocycles. The van der Waals surface area contributed by atoms with Crippen molar-refractivity contribution in [2.45, 2.75) is 37.1 Å². The highest BCUT2D eigenvalue weighted by Crippen LogP contribution is 2.31. The van der Waals surface area contributed by atoms with E-state index in [0.717, 1.165) is 25.3 Å². The zero-order valence-electron chi connectivity index (χ0n) is 12.1. The van der Waals surface area contributed by atoms with Crippen LogP contribution in [0.1, 0.15) is 26.2 Å². The van der Waals surface area contributed by atoms with Crippen molar-refractivity contribution < 1.29 is 13.3 Å². The van der Waals surface area contributed by atoms with Gasteiger partial charge >= 0.3 is 0 Å². The summed E-state index contributed by atoms with van der Waals surface area (Å²) in [6.07, 6.45) is 2.62. The number of benzene rings is 1. The molecule has 0 radical (unpaired) electrons. The molecule has 1 aromatic rings. The molecule has 1 atom stereocenters. The first-order valence-corrected chi connectivity index (χ1v) is 8.30. The number of sulfonamides is 1. The van der Waals surface area contributed by atoms with Crippen molar-refractivity contribution in [2.75, 3.05) is 18.9 Å². The molecular formula is C13H19N3O4S. The van der Waals surface area contributed by atoms with Gasteiger partial charge in [-0.15, -0.1) is 0 Å². The van der Waals surface area contributed by atoms with Crippen LogP contribution in [-0.2, 0) is 10.0 Å². The van der Waals surface area contributed by atoms with Crippen molar-refractivity contribution in [1.82, 2.24) is 4.31 Å². The monoisotopic (exact) mass is 313 g/mol. The lowest BCUT2D eigenvalue weighted by atomic mass is 10.1. The molecule has 7 nitrogen and oxygen atoms in total. The smallest absolute Gasteiger partial charge is 0.270 e. The summed E-state index contributed by atoms with van der Waals surface area (Å²) < 4.78 is 27.1. The van der Waals surface area contributed by atoms with Crippen LogP contribution < -0.4 is 5.32 Å².